The Morgan fingerprint density at radius 1 is 1.00 bits per heavy atom. The smallest absolute Gasteiger partial charge is 0.215 e. The number of nitrogens with zero attached hydrogens (tertiary/aromatic N) is 2. The van der Waals surface area contributed by atoms with Crippen LogP contribution >= 0.6 is 11.3 Å². The Bertz CT molecular complexity index is 1080. The van der Waals surface area contributed by atoms with Crippen LogP contribution in [0.2, 0.25) is 0 Å². The Hall–Kier alpha value is -2.05. The van der Waals surface area contributed by atoms with Gasteiger partial charge in [0, 0.05) is 36.5 Å². The fourth-order valence-corrected chi connectivity index (χ4v) is 6.58. The average molecular weight is 466 g/mol. The van der Waals surface area contributed by atoms with Gasteiger partial charge >= 0.3 is 0 Å². The summed E-state index contributed by atoms with van der Waals surface area (Å²) in [6, 6.07) is 6.99. The van der Waals surface area contributed by atoms with E-state index in [0.717, 1.165) is 36.8 Å². The number of thiazole rings is 1. The van der Waals surface area contributed by atoms with Crippen LogP contribution in [0.3, 0.4) is 0 Å². The molecule has 0 bridgehead atoms. The van der Waals surface area contributed by atoms with Crippen LogP contribution < -0.4 is 10.2 Å². The van der Waals surface area contributed by atoms with Crippen molar-refractivity contribution < 1.29 is 9.59 Å². The molecule has 1 saturated carbocycles. The Morgan fingerprint density at radius 2 is 1.70 bits per heavy atom. The number of aromatic nitrogens is 1. The molecule has 1 aromatic heterocycles. The minimum atomic E-state index is -0.265. The van der Waals surface area contributed by atoms with Gasteiger partial charge in [0.15, 0.2) is 10.9 Å². The number of ketones is 2. The second kappa shape index (κ2) is 8.31. The first kappa shape index (κ1) is 22.7. The first-order valence-electron chi connectivity index (χ1n) is 12.3. The third-order valence-corrected chi connectivity index (χ3v) is 9.00. The summed E-state index contributed by atoms with van der Waals surface area (Å²) in [7, 11) is 0. The molecule has 1 aliphatic heterocycles. The Labute approximate surface area is 201 Å². The summed E-state index contributed by atoms with van der Waals surface area (Å²) in [6.45, 7) is 11.3. The molecule has 1 saturated heterocycles. The average Bonchev–Trinajstić information content (AvgIpc) is 3.40. The molecule has 2 aromatic rings. The molecule has 2 aliphatic carbocycles. The molecule has 6 heteroatoms. The minimum absolute atomic E-state index is 0.194. The van der Waals surface area contributed by atoms with Crippen molar-refractivity contribution in [1.82, 2.24) is 10.3 Å². The van der Waals surface area contributed by atoms with Gasteiger partial charge in [0.25, 0.3) is 0 Å². The van der Waals surface area contributed by atoms with Gasteiger partial charge in [0.05, 0.1) is 11.7 Å². The maximum Gasteiger partial charge on any atom is 0.215 e. The second-order valence-electron chi connectivity index (χ2n) is 11.4. The van der Waals surface area contributed by atoms with E-state index < -0.39 is 0 Å². The van der Waals surface area contributed by atoms with E-state index in [9.17, 15) is 9.59 Å². The van der Waals surface area contributed by atoms with E-state index in [0.29, 0.717) is 18.9 Å². The molecular weight excluding hydrogens is 430 g/mol. The van der Waals surface area contributed by atoms with Crippen LogP contribution in [-0.4, -0.2) is 41.7 Å². The molecule has 0 spiro atoms. The molecule has 5 nitrogen and oxygen atoms in total. The number of hydrogen-bond acceptors (Lipinski definition) is 6. The summed E-state index contributed by atoms with van der Waals surface area (Å²) in [6.07, 6.45) is 5.42. The largest absolute Gasteiger partial charge is 0.348 e. The number of rotatable bonds is 4. The van der Waals surface area contributed by atoms with Crippen LogP contribution in [0, 0.1) is 0 Å². The predicted octanol–water partition coefficient (Wildman–Crippen LogP) is 5.02. The number of nitrogens with one attached hydrogen (secondary N) is 1. The maximum absolute atomic E-state index is 11.9. The van der Waals surface area contributed by atoms with E-state index in [1.54, 1.807) is 11.3 Å². The van der Waals surface area contributed by atoms with Crippen molar-refractivity contribution >= 4 is 28.0 Å². The highest BCUT2D eigenvalue weighted by Crippen LogP contribution is 2.47. The molecule has 2 heterocycles. The summed E-state index contributed by atoms with van der Waals surface area (Å²) >= 11 is 1.72. The first-order chi connectivity index (χ1) is 15.6. The number of fused-ring (bicyclic) bond motifs is 1. The van der Waals surface area contributed by atoms with Gasteiger partial charge in [-0.25, -0.2) is 4.98 Å². The van der Waals surface area contributed by atoms with Crippen molar-refractivity contribution in [3.8, 4) is 11.3 Å². The Morgan fingerprint density at radius 3 is 2.36 bits per heavy atom. The number of piperidine rings is 1. The van der Waals surface area contributed by atoms with E-state index in [4.69, 9.17) is 4.98 Å². The van der Waals surface area contributed by atoms with Crippen molar-refractivity contribution in [3.63, 3.8) is 0 Å². The standard InChI is InChI=1S/C27H35N3O2S/c1-26(2)11-12-27(3,4)20-15-17(5-6-19(20)26)22-16-33-25(29-22)30-13-9-18(10-14-30)28-21-7-8-23(31)24(21)32/h5-6,15-16,18,21,28H,7-14H2,1-4H3. The third kappa shape index (κ3) is 4.28. The third-order valence-electron chi connectivity index (χ3n) is 8.09. The van der Waals surface area contributed by atoms with E-state index >= 15 is 0 Å². The van der Waals surface area contributed by atoms with Crippen LogP contribution in [0.5, 0.6) is 0 Å². The quantitative estimate of drug-likeness (QED) is 0.643. The lowest BCUT2D eigenvalue weighted by atomic mass is 9.63. The van der Waals surface area contributed by atoms with Crippen molar-refractivity contribution in [2.75, 3.05) is 18.0 Å². The molecule has 3 aliphatic rings. The van der Waals surface area contributed by atoms with Gasteiger partial charge in [-0.3, -0.25) is 9.59 Å². The van der Waals surface area contributed by atoms with Crippen molar-refractivity contribution in [2.45, 2.75) is 89.1 Å². The van der Waals surface area contributed by atoms with Crippen molar-refractivity contribution in [2.24, 2.45) is 0 Å². The molecule has 1 aromatic carbocycles. The number of benzene rings is 1. The van der Waals surface area contributed by atoms with Gasteiger partial charge in [-0.05, 0) is 60.1 Å². The molecule has 1 N–H and O–H groups in total. The van der Waals surface area contributed by atoms with Crippen LogP contribution in [0.4, 0.5) is 5.13 Å². The summed E-state index contributed by atoms with van der Waals surface area (Å²) in [5.41, 5.74) is 5.65. The molecule has 176 valence electrons. The topological polar surface area (TPSA) is 62.3 Å². The van der Waals surface area contributed by atoms with E-state index in [1.165, 1.54) is 29.5 Å². The predicted molar refractivity (Wildman–Crippen MR) is 134 cm³/mol. The Kier molecular flexibility index (Phi) is 5.73. The summed E-state index contributed by atoms with van der Waals surface area (Å²) in [4.78, 5) is 30.8. The van der Waals surface area contributed by atoms with Gasteiger partial charge in [0.1, 0.15) is 0 Å². The van der Waals surface area contributed by atoms with E-state index in [2.05, 4.69) is 61.5 Å². The molecule has 0 amide bonds. The number of carbonyl (C=O) groups excluding carboxylic acids is 2. The highest BCUT2D eigenvalue weighted by Gasteiger charge is 2.37. The lowest BCUT2D eigenvalue weighted by Crippen LogP contribution is -2.48. The lowest BCUT2D eigenvalue weighted by Gasteiger charge is -2.42. The van der Waals surface area contributed by atoms with Gasteiger partial charge in [-0.2, -0.15) is 0 Å². The number of anilines is 1. The number of hydrogen-bond donors (Lipinski definition) is 1. The van der Waals surface area contributed by atoms with Gasteiger partial charge in [-0.15, -0.1) is 11.3 Å². The molecule has 33 heavy (non-hydrogen) atoms. The molecule has 5 rings (SSSR count). The zero-order chi connectivity index (χ0) is 23.4. The summed E-state index contributed by atoms with van der Waals surface area (Å²) in [5.74, 6) is -0.437. The zero-order valence-corrected chi connectivity index (χ0v) is 21.1. The van der Waals surface area contributed by atoms with E-state index in [1.807, 2.05) is 0 Å². The van der Waals surface area contributed by atoms with Gasteiger partial charge in [-0.1, -0.05) is 39.8 Å². The molecular formula is C27H35N3O2S. The minimum Gasteiger partial charge on any atom is -0.348 e. The fourth-order valence-electron chi connectivity index (χ4n) is 5.70. The molecule has 1 unspecified atom stereocenters. The monoisotopic (exact) mass is 465 g/mol. The molecule has 2 fully saturated rings. The number of Topliss-reactive ketones (excluding diaryl/α,β-unsaturated/α-hetero) is 2. The molecule has 1 atom stereocenters. The summed E-state index contributed by atoms with van der Waals surface area (Å²) in [5, 5.41) is 6.69. The maximum atomic E-state index is 11.9. The Balaban J connectivity index is 1.27. The summed E-state index contributed by atoms with van der Waals surface area (Å²) < 4.78 is 0. The van der Waals surface area contributed by atoms with Gasteiger partial charge in [0.2, 0.25) is 5.78 Å². The number of carbonyl (C=O) groups is 2. The molecule has 0 radical (unpaired) electrons. The van der Waals surface area contributed by atoms with Crippen LogP contribution in [-0.2, 0) is 20.4 Å². The highest BCUT2D eigenvalue weighted by molar-refractivity contribution is 7.14. The van der Waals surface area contributed by atoms with Crippen LogP contribution in [0.15, 0.2) is 23.6 Å². The van der Waals surface area contributed by atoms with Crippen molar-refractivity contribution in [3.05, 3.63) is 34.7 Å². The van der Waals surface area contributed by atoms with E-state index in [-0.39, 0.29) is 28.4 Å². The van der Waals surface area contributed by atoms with Gasteiger partial charge < -0.3 is 10.2 Å². The fraction of sp³-hybridized carbons (Fsp3) is 0.593. The van der Waals surface area contributed by atoms with Crippen LogP contribution in [0.1, 0.15) is 77.3 Å². The normalized spacial score (nSPS) is 24.8. The first-order valence-corrected chi connectivity index (χ1v) is 13.2. The highest BCUT2D eigenvalue weighted by atomic mass is 32.1. The second-order valence-corrected chi connectivity index (χ2v) is 12.2. The van der Waals surface area contributed by atoms with Crippen LogP contribution in [0.25, 0.3) is 11.3 Å². The SMILES string of the molecule is CC1(C)CCC(C)(C)c2cc(-c3csc(N4CCC(NC5CCC(=O)C5=O)CC4)n3)ccc21. The van der Waals surface area contributed by atoms with Crippen molar-refractivity contribution in [1.29, 1.82) is 0 Å². The zero-order valence-electron chi connectivity index (χ0n) is 20.2. The lowest BCUT2D eigenvalue weighted by molar-refractivity contribution is -0.135.